The van der Waals surface area contributed by atoms with Crippen LogP contribution in [0.4, 0.5) is 0 Å². The number of carbonyl (C=O) groups excluding carboxylic acids is 3. The standard InChI is InChI=1S/C25H39N7O7/c1-3-14(2)20(24(38)39)32-23(37)17(12-15-8-5-4-6-9-15)31-22(36)18(13-19(33)34)30-21(35)16(26)10-7-11-29-25(27)28/h4-6,8-9,14,16-18,20H,3,7,10-13,26H2,1-2H3,(H,30,35)(H,31,36)(H,32,37)(H,33,34)(H,38,39)(H4,27,28,29). The molecule has 0 aromatic heterocycles. The largest absolute Gasteiger partial charge is 0.481 e. The van der Waals surface area contributed by atoms with E-state index in [1.54, 1.807) is 44.2 Å². The molecule has 0 spiro atoms. The van der Waals surface area contributed by atoms with Crippen molar-refractivity contribution in [1.82, 2.24) is 16.0 Å². The third kappa shape index (κ3) is 12.3. The molecule has 0 aliphatic carbocycles. The van der Waals surface area contributed by atoms with E-state index in [0.717, 1.165) is 0 Å². The van der Waals surface area contributed by atoms with Gasteiger partial charge in [-0.25, -0.2) is 4.79 Å². The predicted octanol–water partition coefficient (Wildman–Crippen LogP) is -1.33. The fraction of sp³-hybridized carbons (Fsp3) is 0.520. The van der Waals surface area contributed by atoms with Gasteiger partial charge in [-0.05, 0) is 24.3 Å². The third-order valence-corrected chi connectivity index (χ3v) is 6.01. The molecule has 0 fully saturated rings. The average Bonchev–Trinajstić information content (AvgIpc) is 2.88. The number of amides is 3. The van der Waals surface area contributed by atoms with E-state index in [0.29, 0.717) is 18.4 Å². The quantitative estimate of drug-likeness (QED) is 0.0645. The lowest BCUT2D eigenvalue weighted by Gasteiger charge is -2.26. The summed E-state index contributed by atoms with van der Waals surface area (Å²) in [7, 11) is 0. The Balaban J connectivity index is 3.07. The average molecular weight is 550 g/mol. The second-order valence-electron chi connectivity index (χ2n) is 9.18. The van der Waals surface area contributed by atoms with Crippen LogP contribution in [-0.2, 0) is 30.4 Å². The number of carbonyl (C=O) groups is 5. The van der Waals surface area contributed by atoms with E-state index in [9.17, 15) is 34.2 Å². The lowest BCUT2D eigenvalue weighted by atomic mass is 9.98. The highest BCUT2D eigenvalue weighted by Crippen LogP contribution is 2.10. The number of hydrogen-bond donors (Lipinski definition) is 8. The van der Waals surface area contributed by atoms with Crippen molar-refractivity contribution < 1.29 is 34.2 Å². The van der Waals surface area contributed by atoms with Crippen LogP contribution in [0, 0.1) is 5.92 Å². The Kier molecular flexibility index (Phi) is 14.0. The van der Waals surface area contributed by atoms with E-state index in [4.69, 9.17) is 17.2 Å². The Morgan fingerprint density at radius 1 is 0.923 bits per heavy atom. The van der Waals surface area contributed by atoms with Gasteiger partial charge in [0.15, 0.2) is 5.96 Å². The highest BCUT2D eigenvalue weighted by Gasteiger charge is 2.32. The van der Waals surface area contributed by atoms with E-state index in [1.165, 1.54) is 0 Å². The number of benzene rings is 1. The molecule has 0 aliphatic heterocycles. The molecule has 11 N–H and O–H groups in total. The van der Waals surface area contributed by atoms with Gasteiger partial charge >= 0.3 is 11.9 Å². The molecule has 5 atom stereocenters. The van der Waals surface area contributed by atoms with Gasteiger partial charge in [0.2, 0.25) is 17.7 Å². The smallest absolute Gasteiger partial charge is 0.326 e. The van der Waals surface area contributed by atoms with Crippen LogP contribution < -0.4 is 33.2 Å². The number of nitrogens with two attached hydrogens (primary N) is 3. The number of carboxylic acids is 2. The fourth-order valence-electron chi connectivity index (χ4n) is 3.58. The first-order valence-corrected chi connectivity index (χ1v) is 12.6. The van der Waals surface area contributed by atoms with Crippen molar-refractivity contribution in [3.05, 3.63) is 35.9 Å². The topological polar surface area (TPSA) is 252 Å². The summed E-state index contributed by atoms with van der Waals surface area (Å²) in [6.07, 6.45) is 0.218. The zero-order valence-corrected chi connectivity index (χ0v) is 22.1. The summed E-state index contributed by atoms with van der Waals surface area (Å²) in [6, 6.07) is 3.58. The first-order chi connectivity index (χ1) is 18.3. The van der Waals surface area contributed by atoms with Gasteiger partial charge in [-0.1, -0.05) is 50.6 Å². The number of nitrogens with one attached hydrogen (secondary N) is 3. The molecule has 39 heavy (non-hydrogen) atoms. The Morgan fingerprint density at radius 2 is 1.51 bits per heavy atom. The lowest BCUT2D eigenvalue weighted by molar-refractivity contribution is -0.144. The first kappa shape index (κ1) is 32.8. The number of hydrogen-bond acceptors (Lipinski definition) is 7. The van der Waals surface area contributed by atoms with Crippen molar-refractivity contribution >= 4 is 35.6 Å². The minimum absolute atomic E-state index is 0.0106. The van der Waals surface area contributed by atoms with Crippen molar-refractivity contribution in [1.29, 1.82) is 0 Å². The summed E-state index contributed by atoms with van der Waals surface area (Å²) >= 11 is 0. The Labute approximate surface area is 226 Å². The van der Waals surface area contributed by atoms with Crippen LogP contribution in [0.25, 0.3) is 0 Å². The van der Waals surface area contributed by atoms with E-state index in [-0.39, 0.29) is 25.3 Å². The Morgan fingerprint density at radius 3 is 2.05 bits per heavy atom. The summed E-state index contributed by atoms with van der Waals surface area (Å²) < 4.78 is 0. The van der Waals surface area contributed by atoms with Crippen LogP contribution in [0.1, 0.15) is 45.1 Å². The minimum atomic E-state index is -1.55. The zero-order valence-electron chi connectivity index (χ0n) is 22.1. The van der Waals surface area contributed by atoms with Crippen molar-refractivity contribution in [3.63, 3.8) is 0 Å². The van der Waals surface area contributed by atoms with E-state index in [2.05, 4.69) is 20.9 Å². The molecular formula is C25H39N7O7. The Bertz CT molecular complexity index is 1020. The molecule has 1 rings (SSSR count). The molecule has 5 unspecified atom stereocenters. The van der Waals surface area contributed by atoms with Gasteiger partial charge in [0.1, 0.15) is 18.1 Å². The van der Waals surface area contributed by atoms with Crippen LogP contribution in [0.15, 0.2) is 35.3 Å². The number of guanidine groups is 1. The summed E-state index contributed by atoms with van der Waals surface area (Å²) in [4.78, 5) is 65.8. The predicted molar refractivity (Wildman–Crippen MR) is 143 cm³/mol. The number of rotatable bonds is 17. The highest BCUT2D eigenvalue weighted by molar-refractivity contribution is 5.95. The van der Waals surface area contributed by atoms with E-state index < -0.39 is 66.2 Å². The maximum absolute atomic E-state index is 13.1. The van der Waals surface area contributed by atoms with Gasteiger partial charge in [0, 0.05) is 13.0 Å². The summed E-state index contributed by atoms with van der Waals surface area (Å²) in [6.45, 7) is 3.68. The summed E-state index contributed by atoms with van der Waals surface area (Å²) in [5.74, 6) is -5.59. The number of aliphatic imine (C=N–C) groups is 1. The number of aliphatic carboxylic acids is 2. The first-order valence-electron chi connectivity index (χ1n) is 12.6. The van der Waals surface area contributed by atoms with Gasteiger partial charge in [-0.3, -0.25) is 24.2 Å². The van der Waals surface area contributed by atoms with Gasteiger partial charge in [0.05, 0.1) is 12.5 Å². The molecule has 0 saturated carbocycles. The van der Waals surface area contributed by atoms with Crippen molar-refractivity contribution in [2.24, 2.45) is 28.1 Å². The normalized spacial score (nSPS) is 14.5. The molecule has 0 heterocycles. The molecule has 0 bridgehead atoms. The molecule has 1 aromatic rings. The van der Waals surface area contributed by atoms with Gasteiger partial charge in [0.25, 0.3) is 0 Å². The SMILES string of the molecule is CCC(C)C(NC(=O)C(Cc1ccccc1)NC(=O)C(CC(=O)O)NC(=O)C(N)CCCN=C(N)N)C(=O)O. The highest BCUT2D eigenvalue weighted by atomic mass is 16.4. The van der Waals surface area contributed by atoms with Crippen LogP contribution in [0.3, 0.4) is 0 Å². The van der Waals surface area contributed by atoms with Crippen molar-refractivity contribution in [3.8, 4) is 0 Å². The maximum Gasteiger partial charge on any atom is 0.326 e. The minimum Gasteiger partial charge on any atom is -0.481 e. The summed E-state index contributed by atoms with van der Waals surface area (Å²) in [5, 5.41) is 26.1. The van der Waals surface area contributed by atoms with Crippen LogP contribution in [-0.4, -0.2) is 76.5 Å². The van der Waals surface area contributed by atoms with Crippen molar-refractivity contribution in [2.45, 2.75) is 70.1 Å². The molecule has 14 heteroatoms. The molecule has 0 radical (unpaired) electrons. The summed E-state index contributed by atoms with van der Waals surface area (Å²) in [5.41, 5.74) is 17.0. The Hall–Kier alpha value is -4.20. The second kappa shape index (κ2) is 16.6. The van der Waals surface area contributed by atoms with Crippen LogP contribution in [0.2, 0.25) is 0 Å². The molecule has 216 valence electrons. The maximum atomic E-state index is 13.1. The van der Waals surface area contributed by atoms with Gasteiger partial charge in [-0.15, -0.1) is 0 Å². The van der Waals surface area contributed by atoms with E-state index in [1.807, 2.05) is 0 Å². The van der Waals surface area contributed by atoms with Crippen LogP contribution in [0.5, 0.6) is 0 Å². The molecule has 1 aromatic carbocycles. The molecule has 0 aliphatic rings. The fourth-order valence-corrected chi connectivity index (χ4v) is 3.58. The van der Waals surface area contributed by atoms with Crippen molar-refractivity contribution in [2.75, 3.05) is 6.54 Å². The van der Waals surface area contributed by atoms with Crippen LogP contribution >= 0.6 is 0 Å². The molecule has 14 nitrogen and oxygen atoms in total. The number of carboxylic acid groups (broad SMARTS) is 2. The number of nitrogens with zero attached hydrogens (tertiary/aromatic N) is 1. The molecule has 0 saturated heterocycles. The molecular weight excluding hydrogens is 510 g/mol. The zero-order chi connectivity index (χ0) is 29.5. The van der Waals surface area contributed by atoms with Gasteiger partial charge in [-0.2, -0.15) is 0 Å². The monoisotopic (exact) mass is 549 g/mol. The molecule has 3 amide bonds. The second-order valence-corrected chi connectivity index (χ2v) is 9.18. The lowest BCUT2D eigenvalue weighted by Crippen LogP contribution is -2.58. The third-order valence-electron chi connectivity index (χ3n) is 6.01. The van der Waals surface area contributed by atoms with Gasteiger partial charge < -0.3 is 43.4 Å². The van der Waals surface area contributed by atoms with E-state index >= 15 is 0 Å².